The van der Waals surface area contributed by atoms with E-state index in [1.807, 2.05) is 4.90 Å². The van der Waals surface area contributed by atoms with Crippen LogP contribution in [0.25, 0.3) is 10.9 Å². The number of carbonyl (C=O) groups excluding carboxylic acids is 1. The van der Waals surface area contributed by atoms with E-state index >= 15 is 0 Å². The number of fused-ring (bicyclic) bond motifs is 1. The molecule has 0 spiro atoms. The van der Waals surface area contributed by atoms with E-state index in [0.717, 1.165) is 19.3 Å². The van der Waals surface area contributed by atoms with Gasteiger partial charge in [-0.3, -0.25) is 4.79 Å². The van der Waals surface area contributed by atoms with Crippen LogP contribution in [0.4, 0.5) is 15.9 Å². The fraction of sp³-hybridized carbons (Fsp3) is 0.423. The number of methoxy groups -OCH3 is 2. The molecule has 4 rings (SSSR count). The molecule has 11 heteroatoms. The van der Waals surface area contributed by atoms with Crippen LogP contribution >= 0.6 is 11.6 Å². The molecule has 2 N–H and O–H groups in total. The lowest BCUT2D eigenvalue weighted by molar-refractivity contribution is -0.134. The molecule has 2 aromatic carbocycles. The molecule has 37 heavy (non-hydrogen) atoms. The van der Waals surface area contributed by atoms with Gasteiger partial charge in [0.1, 0.15) is 24.6 Å². The Morgan fingerprint density at radius 2 is 2.05 bits per heavy atom. The summed E-state index contributed by atoms with van der Waals surface area (Å²) >= 11 is 5.86. The van der Waals surface area contributed by atoms with Crippen molar-refractivity contribution in [1.82, 2.24) is 20.2 Å². The summed E-state index contributed by atoms with van der Waals surface area (Å²) in [5.74, 6) is 0.964. The Balaban J connectivity index is 1.50. The van der Waals surface area contributed by atoms with Gasteiger partial charge in [-0.25, -0.2) is 14.4 Å². The normalized spacial score (nSPS) is 15.6. The Morgan fingerprint density at radius 1 is 1.19 bits per heavy atom. The predicted octanol–water partition coefficient (Wildman–Crippen LogP) is 4.17. The van der Waals surface area contributed by atoms with E-state index in [1.54, 1.807) is 38.5 Å². The lowest BCUT2D eigenvalue weighted by atomic mass is 10.0. The van der Waals surface area contributed by atoms with E-state index in [4.69, 9.17) is 25.8 Å². The highest BCUT2D eigenvalue weighted by atomic mass is 35.5. The molecule has 0 bridgehead atoms. The van der Waals surface area contributed by atoms with Crippen LogP contribution in [0.3, 0.4) is 0 Å². The van der Waals surface area contributed by atoms with Crippen LogP contribution < -0.4 is 20.1 Å². The average molecular weight is 532 g/mol. The lowest BCUT2D eigenvalue weighted by Gasteiger charge is -2.35. The zero-order chi connectivity index (χ0) is 26.2. The molecule has 0 saturated carbocycles. The second-order valence-electron chi connectivity index (χ2n) is 8.71. The van der Waals surface area contributed by atoms with Gasteiger partial charge >= 0.3 is 0 Å². The first kappa shape index (κ1) is 26.8. The Morgan fingerprint density at radius 3 is 2.84 bits per heavy atom. The minimum atomic E-state index is -0.494. The molecule has 1 aromatic heterocycles. The predicted molar refractivity (Wildman–Crippen MR) is 140 cm³/mol. The molecular formula is C26H31ClFN5O4. The number of amides is 1. The number of hydrogen-bond acceptors (Lipinski definition) is 8. The molecule has 198 valence electrons. The summed E-state index contributed by atoms with van der Waals surface area (Å²) in [5, 5.41) is 7.06. The minimum Gasteiger partial charge on any atom is -0.493 e. The third-order valence-corrected chi connectivity index (χ3v) is 6.48. The molecule has 1 unspecified atom stereocenters. The molecule has 2 heterocycles. The maximum Gasteiger partial charge on any atom is 0.236 e. The number of ether oxygens (including phenoxy) is 3. The number of anilines is 2. The summed E-state index contributed by atoms with van der Waals surface area (Å²) < 4.78 is 31.1. The number of likely N-dealkylation sites (tertiary alicyclic amines) is 1. The first-order chi connectivity index (χ1) is 18.0. The van der Waals surface area contributed by atoms with Gasteiger partial charge in [-0.15, -0.1) is 0 Å². The summed E-state index contributed by atoms with van der Waals surface area (Å²) in [6.07, 6.45) is 4.27. The van der Waals surface area contributed by atoms with Gasteiger partial charge in [0.25, 0.3) is 0 Å². The number of rotatable bonds is 11. The lowest BCUT2D eigenvalue weighted by Crippen LogP contribution is -2.49. The van der Waals surface area contributed by atoms with Gasteiger partial charge in [-0.05, 0) is 43.5 Å². The number of carbonyl (C=O) groups is 1. The molecule has 1 atom stereocenters. The van der Waals surface area contributed by atoms with Gasteiger partial charge in [-0.2, -0.15) is 0 Å². The topological polar surface area (TPSA) is 97.8 Å². The Kier molecular flexibility index (Phi) is 9.32. The number of hydrogen-bond donors (Lipinski definition) is 2. The van der Waals surface area contributed by atoms with Gasteiger partial charge in [0.15, 0.2) is 11.5 Å². The zero-order valence-corrected chi connectivity index (χ0v) is 21.7. The Labute approximate surface area is 220 Å². The van der Waals surface area contributed by atoms with Gasteiger partial charge in [-0.1, -0.05) is 11.6 Å². The second-order valence-corrected chi connectivity index (χ2v) is 9.15. The Bertz CT molecular complexity index is 1230. The fourth-order valence-corrected chi connectivity index (χ4v) is 4.47. The zero-order valence-electron chi connectivity index (χ0n) is 20.9. The van der Waals surface area contributed by atoms with Gasteiger partial charge in [0, 0.05) is 36.7 Å². The first-order valence-electron chi connectivity index (χ1n) is 12.2. The van der Waals surface area contributed by atoms with Crippen molar-refractivity contribution in [2.24, 2.45) is 0 Å². The van der Waals surface area contributed by atoms with Crippen molar-refractivity contribution in [1.29, 1.82) is 0 Å². The van der Waals surface area contributed by atoms with Gasteiger partial charge in [0.05, 0.1) is 37.5 Å². The molecule has 1 aliphatic heterocycles. The summed E-state index contributed by atoms with van der Waals surface area (Å²) in [6.45, 7) is 2.47. The van der Waals surface area contributed by atoms with Crippen LogP contribution in [0.2, 0.25) is 5.02 Å². The summed E-state index contributed by atoms with van der Waals surface area (Å²) in [7, 11) is 3.18. The van der Waals surface area contributed by atoms with Crippen molar-refractivity contribution in [2.45, 2.75) is 25.3 Å². The number of nitrogens with one attached hydrogen (secondary N) is 2. The summed E-state index contributed by atoms with van der Waals surface area (Å²) in [4.78, 5) is 23.3. The van der Waals surface area contributed by atoms with E-state index in [2.05, 4.69) is 20.6 Å². The highest BCUT2D eigenvalue weighted by Crippen LogP contribution is 2.35. The van der Waals surface area contributed by atoms with Gasteiger partial charge in [0.2, 0.25) is 5.91 Å². The largest absolute Gasteiger partial charge is 0.493 e. The monoisotopic (exact) mass is 531 g/mol. The highest BCUT2D eigenvalue weighted by molar-refractivity contribution is 6.30. The van der Waals surface area contributed by atoms with E-state index in [1.165, 1.54) is 12.4 Å². The first-order valence-corrected chi connectivity index (χ1v) is 12.5. The summed E-state index contributed by atoms with van der Waals surface area (Å²) in [5.41, 5.74) is 0.837. The molecule has 1 saturated heterocycles. The van der Waals surface area contributed by atoms with E-state index in [-0.39, 0.29) is 24.2 Å². The molecular weight excluding hydrogens is 501 g/mol. The van der Waals surface area contributed by atoms with Crippen LogP contribution in [-0.2, 0) is 9.53 Å². The molecule has 1 fully saturated rings. The molecule has 1 amide bonds. The second kappa shape index (κ2) is 12.8. The standard InChI is InChI=1S/C26H31ClFN5O4/c1-35-10-8-29-14-25(34)33-9-4-3-5-18(33)15-37-24-13-22-19(12-23(24)36-2)26(31-16-30-22)32-21-7-6-17(27)11-20(21)28/h6-7,11-13,16,18,29H,3-5,8-10,14-15H2,1-2H3,(H,30,31,32). The fourth-order valence-electron chi connectivity index (χ4n) is 4.31. The third kappa shape index (κ3) is 6.76. The SMILES string of the molecule is COCCNCC(=O)N1CCCCC1COc1cc2ncnc(Nc3ccc(Cl)cc3F)c2cc1OC. The van der Waals surface area contributed by atoms with Crippen LogP contribution in [0, 0.1) is 5.82 Å². The van der Waals surface area contributed by atoms with E-state index in [9.17, 15) is 9.18 Å². The van der Waals surface area contributed by atoms with Crippen molar-refractivity contribution in [2.75, 3.05) is 52.4 Å². The number of benzene rings is 2. The molecule has 3 aromatic rings. The van der Waals surface area contributed by atoms with Crippen molar-refractivity contribution < 1.29 is 23.4 Å². The Hall–Kier alpha value is -3.21. The molecule has 0 aliphatic carbocycles. The number of halogens is 2. The number of piperidine rings is 1. The maximum absolute atomic E-state index is 14.3. The smallest absolute Gasteiger partial charge is 0.236 e. The van der Waals surface area contributed by atoms with Crippen molar-refractivity contribution in [3.63, 3.8) is 0 Å². The van der Waals surface area contributed by atoms with E-state index in [0.29, 0.717) is 59.5 Å². The maximum atomic E-state index is 14.3. The van der Waals surface area contributed by atoms with Crippen LogP contribution in [0.1, 0.15) is 19.3 Å². The van der Waals surface area contributed by atoms with Crippen LogP contribution in [0.15, 0.2) is 36.7 Å². The summed E-state index contributed by atoms with van der Waals surface area (Å²) in [6, 6.07) is 7.85. The third-order valence-electron chi connectivity index (χ3n) is 6.24. The van der Waals surface area contributed by atoms with Crippen LogP contribution in [0.5, 0.6) is 11.5 Å². The van der Waals surface area contributed by atoms with Crippen molar-refractivity contribution >= 4 is 39.9 Å². The molecule has 1 aliphatic rings. The average Bonchev–Trinajstić information content (AvgIpc) is 2.91. The quantitative estimate of drug-likeness (QED) is 0.356. The minimum absolute atomic E-state index is 0.0404. The van der Waals surface area contributed by atoms with Crippen molar-refractivity contribution in [3.8, 4) is 11.5 Å². The van der Waals surface area contributed by atoms with Crippen molar-refractivity contribution in [3.05, 3.63) is 47.5 Å². The number of aromatic nitrogens is 2. The van der Waals surface area contributed by atoms with Crippen LogP contribution in [-0.4, -0.2) is 73.9 Å². The van der Waals surface area contributed by atoms with E-state index < -0.39 is 5.82 Å². The molecule has 9 nitrogen and oxygen atoms in total. The van der Waals surface area contributed by atoms with Gasteiger partial charge < -0.3 is 29.7 Å². The number of nitrogens with zero attached hydrogens (tertiary/aromatic N) is 3. The molecule has 0 radical (unpaired) electrons. The highest BCUT2D eigenvalue weighted by Gasteiger charge is 2.27.